The summed E-state index contributed by atoms with van der Waals surface area (Å²) < 4.78 is 5.57. The molecule has 1 saturated heterocycles. The third-order valence-electron chi connectivity index (χ3n) is 4.77. The molecule has 0 bridgehead atoms. The molecule has 1 fully saturated rings. The average molecular weight is 362 g/mol. The highest BCUT2D eigenvalue weighted by molar-refractivity contribution is 7.99. The van der Waals surface area contributed by atoms with E-state index in [4.69, 9.17) is 4.74 Å². The van der Waals surface area contributed by atoms with Crippen LogP contribution in [0, 0.1) is 0 Å². The summed E-state index contributed by atoms with van der Waals surface area (Å²) in [6.07, 6.45) is 1.66. The van der Waals surface area contributed by atoms with Crippen LogP contribution in [0.25, 0.3) is 0 Å². The van der Waals surface area contributed by atoms with Gasteiger partial charge in [0.05, 0.1) is 16.7 Å². The fourth-order valence-electron chi connectivity index (χ4n) is 3.15. The standard InChI is InChI=1S/C18H22N2O4S/c1-24-18(8-10-25-12-18)11-19-15(21)7-4-9-20-16(22)13-5-2-3-6-14(13)17(20)23/h2-3,5-6H,4,7-12H2,1H3,(H,19,21). The van der Waals surface area contributed by atoms with Gasteiger partial charge in [0.2, 0.25) is 5.91 Å². The molecule has 25 heavy (non-hydrogen) atoms. The number of nitrogens with zero attached hydrogens (tertiary/aromatic N) is 1. The summed E-state index contributed by atoms with van der Waals surface area (Å²) in [5.74, 6) is 1.30. The number of fused-ring (bicyclic) bond motifs is 1. The summed E-state index contributed by atoms with van der Waals surface area (Å²) in [6.45, 7) is 0.757. The molecule has 1 N–H and O–H groups in total. The van der Waals surface area contributed by atoms with Gasteiger partial charge in [0.1, 0.15) is 0 Å². The van der Waals surface area contributed by atoms with Crippen molar-refractivity contribution in [3.8, 4) is 0 Å². The Bertz CT molecular complexity index is 650. The third-order valence-corrected chi connectivity index (χ3v) is 5.99. The van der Waals surface area contributed by atoms with Crippen molar-refractivity contribution in [2.24, 2.45) is 0 Å². The molecule has 0 radical (unpaired) electrons. The van der Waals surface area contributed by atoms with Gasteiger partial charge in [-0.3, -0.25) is 19.3 Å². The number of thioether (sulfide) groups is 1. The lowest BCUT2D eigenvalue weighted by molar-refractivity contribution is -0.122. The van der Waals surface area contributed by atoms with E-state index in [0.29, 0.717) is 24.1 Å². The first kappa shape index (κ1) is 17.9. The molecular weight excluding hydrogens is 340 g/mol. The lowest BCUT2D eigenvalue weighted by atomic mass is 10.0. The Labute approximate surface area is 151 Å². The molecule has 0 spiro atoms. The van der Waals surface area contributed by atoms with Crippen LogP contribution in [0.2, 0.25) is 0 Å². The van der Waals surface area contributed by atoms with Crippen molar-refractivity contribution in [3.05, 3.63) is 35.4 Å². The molecule has 1 atom stereocenters. The number of ether oxygens (including phenoxy) is 1. The minimum absolute atomic E-state index is 0.0788. The molecule has 2 aliphatic rings. The van der Waals surface area contributed by atoms with Crippen LogP contribution in [0.3, 0.4) is 0 Å². The van der Waals surface area contributed by atoms with E-state index in [1.807, 2.05) is 11.8 Å². The van der Waals surface area contributed by atoms with Crippen LogP contribution in [-0.4, -0.2) is 59.9 Å². The summed E-state index contributed by atoms with van der Waals surface area (Å²) in [6, 6.07) is 6.81. The molecule has 3 rings (SSSR count). The van der Waals surface area contributed by atoms with Gasteiger partial charge in [0.15, 0.2) is 0 Å². The minimum atomic E-state index is -0.276. The number of methoxy groups -OCH3 is 1. The van der Waals surface area contributed by atoms with Crippen molar-refractivity contribution >= 4 is 29.5 Å². The van der Waals surface area contributed by atoms with Crippen molar-refractivity contribution in [2.75, 3.05) is 31.7 Å². The summed E-state index contributed by atoms with van der Waals surface area (Å²) in [5, 5.41) is 2.92. The molecule has 3 amide bonds. The Morgan fingerprint density at radius 2 is 1.96 bits per heavy atom. The second-order valence-electron chi connectivity index (χ2n) is 6.38. The van der Waals surface area contributed by atoms with E-state index >= 15 is 0 Å². The Morgan fingerprint density at radius 1 is 1.28 bits per heavy atom. The van der Waals surface area contributed by atoms with Gasteiger partial charge in [-0.25, -0.2) is 0 Å². The normalized spacial score (nSPS) is 22.4. The Morgan fingerprint density at radius 3 is 2.52 bits per heavy atom. The van der Waals surface area contributed by atoms with Gasteiger partial charge in [0.25, 0.3) is 11.8 Å². The minimum Gasteiger partial charge on any atom is -0.376 e. The lowest BCUT2D eigenvalue weighted by Crippen LogP contribution is -2.44. The average Bonchev–Trinajstić information content (AvgIpc) is 3.20. The molecule has 134 valence electrons. The molecule has 1 aromatic rings. The lowest BCUT2D eigenvalue weighted by Gasteiger charge is -2.26. The van der Waals surface area contributed by atoms with Gasteiger partial charge in [-0.15, -0.1) is 0 Å². The quantitative estimate of drug-likeness (QED) is 0.747. The van der Waals surface area contributed by atoms with Gasteiger partial charge in [0, 0.05) is 32.4 Å². The van der Waals surface area contributed by atoms with E-state index in [0.717, 1.165) is 17.9 Å². The predicted molar refractivity (Wildman–Crippen MR) is 95.7 cm³/mol. The Kier molecular flexibility index (Phi) is 5.44. The van der Waals surface area contributed by atoms with Gasteiger partial charge >= 0.3 is 0 Å². The first-order chi connectivity index (χ1) is 12.1. The van der Waals surface area contributed by atoms with E-state index < -0.39 is 0 Å². The zero-order valence-electron chi connectivity index (χ0n) is 14.2. The first-order valence-electron chi connectivity index (χ1n) is 8.41. The molecule has 6 nitrogen and oxygen atoms in total. The van der Waals surface area contributed by atoms with Crippen LogP contribution >= 0.6 is 11.8 Å². The zero-order valence-corrected chi connectivity index (χ0v) is 15.1. The van der Waals surface area contributed by atoms with Crippen molar-refractivity contribution in [1.82, 2.24) is 10.2 Å². The number of carbonyl (C=O) groups is 3. The van der Waals surface area contributed by atoms with Crippen molar-refractivity contribution in [2.45, 2.75) is 24.9 Å². The maximum Gasteiger partial charge on any atom is 0.261 e. The van der Waals surface area contributed by atoms with Crippen LogP contribution in [0.15, 0.2) is 24.3 Å². The Hall–Kier alpha value is -1.86. The van der Waals surface area contributed by atoms with Crippen molar-refractivity contribution in [1.29, 1.82) is 0 Å². The number of amides is 3. The summed E-state index contributed by atoms with van der Waals surface area (Å²) in [7, 11) is 1.68. The Balaban J connectivity index is 1.45. The van der Waals surface area contributed by atoms with Crippen LogP contribution in [-0.2, 0) is 9.53 Å². The smallest absolute Gasteiger partial charge is 0.261 e. The first-order valence-corrected chi connectivity index (χ1v) is 9.57. The molecule has 1 aromatic carbocycles. The highest BCUT2D eigenvalue weighted by Gasteiger charge is 2.35. The maximum absolute atomic E-state index is 12.2. The summed E-state index contributed by atoms with van der Waals surface area (Å²) in [5.41, 5.74) is 0.624. The van der Waals surface area contributed by atoms with E-state index in [-0.39, 0.29) is 36.3 Å². The third kappa shape index (κ3) is 3.72. The van der Waals surface area contributed by atoms with Gasteiger partial charge < -0.3 is 10.1 Å². The van der Waals surface area contributed by atoms with E-state index in [2.05, 4.69) is 5.32 Å². The molecule has 1 unspecified atom stereocenters. The molecular formula is C18H22N2O4S. The number of hydrogen-bond acceptors (Lipinski definition) is 5. The number of imide groups is 1. The second-order valence-corrected chi connectivity index (χ2v) is 7.48. The summed E-state index contributed by atoms with van der Waals surface area (Å²) >= 11 is 1.83. The topological polar surface area (TPSA) is 75.7 Å². The highest BCUT2D eigenvalue weighted by atomic mass is 32.2. The number of hydrogen-bond donors (Lipinski definition) is 1. The van der Waals surface area contributed by atoms with Gasteiger partial charge in [-0.2, -0.15) is 11.8 Å². The maximum atomic E-state index is 12.2. The number of carbonyl (C=O) groups excluding carboxylic acids is 3. The number of nitrogens with one attached hydrogen (secondary N) is 1. The fraction of sp³-hybridized carbons (Fsp3) is 0.500. The van der Waals surface area contributed by atoms with E-state index in [1.54, 1.807) is 31.4 Å². The second kappa shape index (κ2) is 7.58. The molecule has 0 aliphatic carbocycles. The SMILES string of the molecule is COC1(CNC(=O)CCCN2C(=O)c3ccccc3C2=O)CCSC1. The monoisotopic (exact) mass is 362 g/mol. The number of benzene rings is 1. The van der Waals surface area contributed by atoms with E-state index in [1.165, 1.54) is 4.90 Å². The summed E-state index contributed by atoms with van der Waals surface area (Å²) in [4.78, 5) is 37.8. The molecule has 0 aromatic heterocycles. The molecule has 7 heteroatoms. The predicted octanol–water partition coefficient (Wildman–Crippen LogP) is 1.70. The molecule has 2 heterocycles. The van der Waals surface area contributed by atoms with Crippen molar-refractivity contribution < 1.29 is 19.1 Å². The molecule has 2 aliphatic heterocycles. The van der Waals surface area contributed by atoms with Gasteiger partial charge in [-0.1, -0.05) is 12.1 Å². The van der Waals surface area contributed by atoms with E-state index in [9.17, 15) is 14.4 Å². The van der Waals surface area contributed by atoms with Crippen LogP contribution < -0.4 is 5.32 Å². The largest absolute Gasteiger partial charge is 0.376 e. The van der Waals surface area contributed by atoms with Gasteiger partial charge in [-0.05, 0) is 30.7 Å². The number of rotatable bonds is 7. The van der Waals surface area contributed by atoms with Crippen LogP contribution in [0.4, 0.5) is 0 Å². The van der Waals surface area contributed by atoms with Crippen LogP contribution in [0.5, 0.6) is 0 Å². The fourth-order valence-corrected chi connectivity index (χ4v) is 4.55. The van der Waals surface area contributed by atoms with Crippen LogP contribution in [0.1, 0.15) is 40.0 Å². The van der Waals surface area contributed by atoms with Crippen molar-refractivity contribution in [3.63, 3.8) is 0 Å². The molecule has 0 saturated carbocycles. The highest BCUT2D eigenvalue weighted by Crippen LogP contribution is 2.30. The zero-order chi connectivity index (χ0) is 17.9.